The van der Waals surface area contributed by atoms with Gasteiger partial charge < -0.3 is 14.6 Å². The third-order valence-corrected chi connectivity index (χ3v) is 6.39. The highest BCUT2D eigenvalue weighted by molar-refractivity contribution is 6.28. The Morgan fingerprint density at radius 1 is 0.921 bits per heavy atom. The lowest BCUT2D eigenvalue weighted by Crippen LogP contribution is -2.38. The van der Waals surface area contributed by atoms with Crippen LogP contribution in [0.3, 0.4) is 0 Å². The summed E-state index contributed by atoms with van der Waals surface area (Å²) < 4.78 is 8.56. The zero-order valence-electron chi connectivity index (χ0n) is 20.5. The number of esters is 1. The summed E-state index contributed by atoms with van der Waals surface area (Å²) in [6.45, 7) is 0.946. The van der Waals surface area contributed by atoms with E-state index >= 15 is 0 Å². The van der Waals surface area contributed by atoms with Gasteiger partial charge in [0, 0.05) is 42.0 Å². The maximum absolute atomic E-state index is 12.9. The van der Waals surface area contributed by atoms with Gasteiger partial charge in [0.05, 0.1) is 6.33 Å². The number of aryl methyl sites for hydroxylation is 1. The van der Waals surface area contributed by atoms with Crippen LogP contribution in [-0.4, -0.2) is 48.2 Å². The number of hydrogen-bond donors (Lipinski definition) is 1. The second-order valence-electron chi connectivity index (χ2n) is 8.84. The van der Waals surface area contributed by atoms with E-state index in [0.29, 0.717) is 5.56 Å². The monoisotopic (exact) mass is 515 g/mol. The number of rotatable bonds is 5. The summed E-state index contributed by atoms with van der Waals surface area (Å²) in [6, 6.07) is 10.9. The molecule has 0 fully saturated rings. The number of hydrogen-bond acceptors (Lipinski definition) is 8. The minimum atomic E-state index is -1.22. The molecular formula is C26H21N5O7. The van der Waals surface area contributed by atoms with Crippen molar-refractivity contribution in [3.63, 3.8) is 0 Å². The third kappa shape index (κ3) is 3.92. The lowest BCUT2D eigenvalue weighted by molar-refractivity contribution is -0.153. The maximum atomic E-state index is 12.9. The fourth-order valence-corrected chi connectivity index (χ4v) is 4.36. The van der Waals surface area contributed by atoms with Crippen LogP contribution in [0.1, 0.15) is 38.8 Å². The average molecular weight is 515 g/mol. The molecule has 1 aliphatic carbocycles. The molecule has 12 nitrogen and oxygen atoms in total. The summed E-state index contributed by atoms with van der Waals surface area (Å²) >= 11 is 0. The number of anilines is 1. The fraction of sp³-hybridized carbons (Fsp3) is 0.192. The first kappa shape index (κ1) is 24.6. The minimum Gasteiger partial charge on any atom is -0.451 e. The summed E-state index contributed by atoms with van der Waals surface area (Å²) in [5.41, 5.74) is 0.244. The molecule has 12 heteroatoms. The maximum Gasteiger partial charge on any atom is 0.332 e. The molecule has 0 saturated heterocycles. The number of nitrogens with zero attached hydrogens (tertiary/aromatic N) is 4. The standard InChI is InChI=1S/C26H21N5O7/c1-13(38-19(32)11-31-12-27-23-20(31)25(36)30(3)26(37)29(23)2)24(35)28-14-8-9-17-18(10-14)22(34)16-7-5-4-6-15(16)21(17)33/h4-10,12-13H,11H2,1-3H3,(H,28,35). The van der Waals surface area contributed by atoms with Gasteiger partial charge in [0.15, 0.2) is 28.8 Å². The number of fused-ring (bicyclic) bond motifs is 3. The predicted octanol–water partition coefficient (Wildman–Crippen LogP) is 0.779. The van der Waals surface area contributed by atoms with Crippen molar-refractivity contribution in [2.24, 2.45) is 14.1 Å². The summed E-state index contributed by atoms with van der Waals surface area (Å²) in [7, 11) is 2.77. The van der Waals surface area contributed by atoms with Crippen molar-refractivity contribution < 1.29 is 23.9 Å². The molecule has 0 aliphatic heterocycles. The Balaban J connectivity index is 1.29. The van der Waals surface area contributed by atoms with Crippen LogP contribution >= 0.6 is 0 Å². The number of carbonyl (C=O) groups excluding carboxylic acids is 4. The van der Waals surface area contributed by atoms with E-state index in [-0.39, 0.29) is 45.1 Å². The summed E-state index contributed by atoms with van der Waals surface area (Å²) in [5.74, 6) is -2.09. The zero-order chi connectivity index (χ0) is 27.3. The first-order chi connectivity index (χ1) is 18.1. The smallest absolute Gasteiger partial charge is 0.332 e. The molecule has 1 unspecified atom stereocenters. The largest absolute Gasteiger partial charge is 0.451 e. The Hall–Kier alpha value is -5.13. The van der Waals surface area contributed by atoms with Gasteiger partial charge in [-0.3, -0.25) is 33.1 Å². The normalized spacial score (nSPS) is 13.1. The third-order valence-electron chi connectivity index (χ3n) is 6.39. The van der Waals surface area contributed by atoms with Crippen molar-refractivity contribution in [3.05, 3.63) is 91.9 Å². The van der Waals surface area contributed by atoms with Gasteiger partial charge in [0.25, 0.3) is 11.5 Å². The van der Waals surface area contributed by atoms with Crippen LogP contribution in [0.25, 0.3) is 11.2 Å². The second-order valence-corrected chi connectivity index (χ2v) is 8.84. The number of aromatic nitrogens is 4. The van der Waals surface area contributed by atoms with E-state index < -0.39 is 35.8 Å². The number of ether oxygens (including phenoxy) is 1. The van der Waals surface area contributed by atoms with Gasteiger partial charge in [-0.2, -0.15) is 0 Å². The van der Waals surface area contributed by atoms with Gasteiger partial charge >= 0.3 is 11.7 Å². The molecule has 2 aromatic heterocycles. The Labute approximate surface area is 214 Å². The molecule has 0 radical (unpaired) electrons. The molecule has 4 aromatic rings. The zero-order valence-corrected chi connectivity index (χ0v) is 20.5. The molecule has 1 N–H and O–H groups in total. The van der Waals surface area contributed by atoms with E-state index in [4.69, 9.17) is 4.74 Å². The van der Waals surface area contributed by atoms with Crippen molar-refractivity contribution in [1.82, 2.24) is 18.7 Å². The molecule has 1 amide bonds. The van der Waals surface area contributed by atoms with E-state index in [2.05, 4.69) is 10.3 Å². The molecule has 1 aliphatic rings. The second kappa shape index (κ2) is 9.07. The Kier molecular flexibility index (Phi) is 5.86. The minimum absolute atomic E-state index is 0.0403. The number of ketones is 2. The van der Waals surface area contributed by atoms with Crippen molar-refractivity contribution in [3.8, 4) is 0 Å². The number of carbonyl (C=O) groups is 4. The molecule has 0 saturated carbocycles. The first-order valence-corrected chi connectivity index (χ1v) is 11.5. The predicted molar refractivity (Wildman–Crippen MR) is 134 cm³/mol. The molecule has 38 heavy (non-hydrogen) atoms. The number of nitrogens with one attached hydrogen (secondary N) is 1. The molecule has 192 valence electrons. The van der Waals surface area contributed by atoms with Gasteiger partial charge in [-0.05, 0) is 25.1 Å². The molecule has 1 atom stereocenters. The Morgan fingerprint density at radius 3 is 2.24 bits per heavy atom. The Bertz CT molecular complexity index is 1810. The van der Waals surface area contributed by atoms with Crippen LogP contribution in [0.2, 0.25) is 0 Å². The molecule has 2 heterocycles. The summed E-state index contributed by atoms with van der Waals surface area (Å²) in [5, 5.41) is 2.59. The van der Waals surface area contributed by atoms with Crippen LogP contribution in [0.5, 0.6) is 0 Å². The van der Waals surface area contributed by atoms with Crippen LogP contribution < -0.4 is 16.6 Å². The number of amides is 1. The fourth-order valence-electron chi connectivity index (χ4n) is 4.36. The van der Waals surface area contributed by atoms with E-state index in [9.17, 15) is 28.8 Å². The van der Waals surface area contributed by atoms with Crippen LogP contribution in [0.15, 0.2) is 58.4 Å². The lowest BCUT2D eigenvalue weighted by atomic mass is 9.84. The van der Waals surface area contributed by atoms with E-state index in [1.54, 1.807) is 24.3 Å². The molecular weight excluding hydrogens is 494 g/mol. The highest BCUT2D eigenvalue weighted by Crippen LogP contribution is 2.29. The summed E-state index contributed by atoms with van der Waals surface area (Å²) in [6.07, 6.45) is 0.0136. The van der Waals surface area contributed by atoms with Gasteiger partial charge in [-0.25, -0.2) is 9.78 Å². The SMILES string of the molecule is CC(OC(=O)Cn1cnc2c1c(=O)n(C)c(=O)n2C)C(=O)Nc1ccc2c(c1)C(=O)c1ccccc1C2=O. The van der Waals surface area contributed by atoms with Gasteiger partial charge in [-0.1, -0.05) is 24.3 Å². The number of benzene rings is 2. The average Bonchev–Trinajstić information content (AvgIpc) is 3.32. The van der Waals surface area contributed by atoms with Crippen LogP contribution in [-0.2, 0) is 35.0 Å². The molecule has 2 aromatic carbocycles. The molecule has 5 rings (SSSR count). The van der Waals surface area contributed by atoms with E-state index in [1.165, 1.54) is 54.7 Å². The van der Waals surface area contributed by atoms with Crippen LogP contribution in [0, 0.1) is 0 Å². The van der Waals surface area contributed by atoms with E-state index in [0.717, 1.165) is 4.57 Å². The first-order valence-electron chi connectivity index (χ1n) is 11.5. The van der Waals surface area contributed by atoms with Crippen molar-refractivity contribution in [2.75, 3.05) is 5.32 Å². The van der Waals surface area contributed by atoms with Gasteiger partial charge in [0.2, 0.25) is 0 Å². The van der Waals surface area contributed by atoms with E-state index in [1.807, 2.05) is 0 Å². The molecule has 0 bridgehead atoms. The lowest BCUT2D eigenvalue weighted by Gasteiger charge is -2.19. The quantitative estimate of drug-likeness (QED) is 0.337. The molecule has 0 spiro atoms. The number of imidazole rings is 1. The van der Waals surface area contributed by atoms with Crippen molar-refractivity contribution in [2.45, 2.75) is 19.6 Å². The highest BCUT2D eigenvalue weighted by Gasteiger charge is 2.30. The van der Waals surface area contributed by atoms with Crippen molar-refractivity contribution in [1.29, 1.82) is 0 Å². The van der Waals surface area contributed by atoms with Gasteiger partial charge in [-0.15, -0.1) is 0 Å². The van der Waals surface area contributed by atoms with Crippen LogP contribution in [0.4, 0.5) is 5.69 Å². The summed E-state index contributed by atoms with van der Waals surface area (Å²) in [4.78, 5) is 79.6. The van der Waals surface area contributed by atoms with Gasteiger partial charge in [0.1, 0.15) is 6.54 Å². The topological polar surface area (TPSA) is 151 Å². The van der Waals surface area contributed by atoms with Crippen molar-refractivity contribution >= 4 is 40.3 Å². The Morgan fingerprint density at radius 2 is 1.55 bits per heavy atom. The highest BCUT2D eigenvalue weighted by atomic mass is 16.5.